The molecular weight excluding hydrogens is 575 g/mol. The quantitative estimate of drug-likeness (QED) is 0.242. The fraction of sp³-hybridized carbons (Fsp3) is 0.290. The molecule has 1 fully saturated rings. The maximum Gasteiger partial charge on any atom is 0.573 e. The van der Waals surface area contributed by atoms with E-state index < -0.39 is 18.0 Å². The van der Waals surface area contributed by atoms with Gasteiger partial charge in [-0.05, 0) is 81.9 Å². The molecule has 2 aromatic carbocycles. The fourth-order valence-electron chi connectivity index (χ4n) is 4.93. The highest BCUT2D eigenvalue weighted by Crippen LogP contribution is 2.33. The molecule has 1 saturated heterocycles. The van der Waals surface area contributed by atoms with Crippen molar-refractivity contribution in [1.29, 1.82) is 0 Å². The summed E-state index contributed by atoms with van der Waals surface area (Å²) < 4.78 is 46.0. The van der Waals surface area contributed by atoms with E-state index in [1.54, 1.807) is 29.9 Å². The van der Waals surface area contributed by atoms with Gasteiger partial charge in [0.1, 0.15) is 0 Å². The number of halogens is 3. The molecule has 0 bridgehead atoms. The summed E-state index contributed by atoms with van der Waals surface area (Å²) in [7, 11) is 3.74. The Bertz CT molecular complexity index is 1660. The van der Waals surface area contributed by atoms with E-state index >= 15 is 0 Å². The number of aryl methyl sites for hydroxylation is 2. The Labute approximate surface area is 252 Å². The van der Waals surface area contributed by atoms with Gasteiger partial charge in [-0.3, -0.25) is 9.59 Å². The zero-order chi connectivity index (χ0) is 31.4. The molecule has 3 heterocycles. The number of alkyl halides is 3. The third-order valence-corrected chi connectivity index (χ3v) is 7.35. The van der Waals surface area contributed by atoms with Crippen molar-refractivity contribution in [2.24, 2.45) is 7.05 Å². The van der Waals surface area contributed by atoms with E-state index in [-0.39, 0.29) is 29.1 Å². The van der Waals surface area contributed by atoms with Crippen LogP contribution in [0.25, 0.3) is 11.4 Å². The van der Waals surface area contributed by atoms with Crippen molar-refractivity contribution in [2.75, 3.05) is 30.8 Å². The lowest BCUT2D eigenvalue weighted by Gasteiger charge is -2.29. The summed E-state index contributed by atoms with van der Waals surface area (Å²) in [6.45, 7) is 3.53. The Morgan fingerprint density at radius 1 is 0.955 bits per heavy atom. The number of hydrogen-bond donors (Lipinski definition) is 3. The maximum absolute atomic E-state index is 13.3. The molecule has 0 radical (unpaired) electrons. The van der Waals surface area contributed by atoms with Crippen LogP contribution < -0.4 is 20.7 Å². The molecule has 1 aliphatic rings. The number of rotatable bonds is 8. The van der Waals surface area contributed by atoms with Gasteiger partial charge >= 0.3 is 6.36 Å². The van der Waals surface area contributed by atoms with Gasteiger partial charge in [0.25, 0.3) is 11.8 Å². The minimum atomic E-state index is -5.00. The van der Waals surface area contributed by atoms with Gasteiger partial charge in [-0.1, -0.05) is 18.2 Å². The third kappa shape index (κ3) is 7.53. The van der Waals surface area contributed by atoms with Gasteiger partial charge in [0.2, 0.25) is 5.95 Å². The van der Waals surface area contributed by atoms with Gasteiger partial charge in [-0.2, -0.15) is 0 Å². The van der Waals surface area contributed by atoms with Gasteiger partial charge in [-0.25, -0.2) is 9.97 Å². The Balaban J connectivity index is 1.35. The van der Waals surface area contributed by atoms with E-state index in [1.165, 1.54) is 18.3 Å². The summed E-state index contributed by atoms with van der Waals surface area (Å²) in [5, 5.41) is 8.56. The number of benzene rings is 2. The van der Waals surface area contributed by atoms with Crippen LogP contribution in [-0.4, -0.2) is 63.8 Å². The number of nitrogens with zero attached hydrogens (tertiary/aromatic N) is 4. The lowest BCUT2D eigenvalue weighted by atomic mass is 10.0. The minimum absolute atomic E-state index is 0.00911. The molecule has 2 amide bonds. The zero-order valence-electron chi connectivity index (χ0n) is 24.4. The second-order valence-corrected chi connectivity index (χ2v) is 10.7. The maximum atomic E-state index is 13.3. The Hall–Kier alpha value is -4.91. The molecule has 1 aliphatic heterocycles. The summed E-state index contributed by atoms with van der Waals surface area (Å²) in [4.78, 5) is 36.5. The Morgan fingerprint density at radius 2 is 1.70 bits per heavy atom. The van der Waals surface area contributed by atoms with E-state index in [0.29, 0.717) is 22.6 Å². The van der Waals surface area contributed by atoms with Crippen LogP contribution in [0.15, 0.2) is 67.0 Å². The van der Waals surface area contributed by atoms with Crippen molar-refractivity contribution >= 4 is 29.1 Å². The molecule has 4 aromatic rings. The second kappa shape index (κ2) is 12.8. The molecule has 0 unspecified atom stereocenters. The smallest absolute Gasteiger partial charge is 0.404 e. The molecule has 44 heavy (non-hydrogen) atoms. The second-order valence-electron chi connectivity index (χ2n) is 10.7. The molecule has 2 aromatic heterocycles. The standard InChI is InChI=1S/C31H32F3N7O3/c1-19-6-4-5-7-23(19)37-29(43)21-16-26(41(3)18-21)24-10-13-35-30(38-24)39-25-9-8-20(17-27(25)44-31(32,33)34)28(42)36-22-11-14-40(2)15-12-22/h4-10,13,16-18,22H,11-12,14-15H2,1-3H3,(H,36,42)(H,37,43)(H,35,38,39). The highest BCUT2D eigenvalue weighted by atomic mass is 19.4. The summed E-state index contributed by atoms with van der Waals surface area (Å²) in [5.74, 6) is -1.40. The first kappa shape index (κ1) is 30.5. The van der Waals surface area contributed by atoms with Crippen molar-refractivity contribution in [3.05, 3.63) is 83.7 Å². The molecule has 5 rings (SSSR count). The number of aromatic nitrogens is 3. The molecule has 0 atom stereocenters. The number of para-hydroxylation sites is 1. The number of piperidine rings is 1. The lowest BCUT2D eigenvalue weighted by molar-refractivity contribution is -0.274. The van der Waals surface area contributed by atoms with Gasteiger partial charge < -0.3 is 30.2 Å². The number of carbonyl (C=O) groups is 2. The van der Waals surface area contributed by atoms with Crippen molar-refractivity contribution < 1.29 is 27.5 Å². The topological polar surface area (TPSA) is 113 Å². The number of hydrogen-bond acceptors (Lipinski definition) is 7. The summed E-state index contributed by atoms with van der Waals surface area (Å²) >= 11 is 0. The largest absolute Gasteiger partial charge is 0.573 e. The van der Waals surface area contributed by atoms with Gasteiger partial charge in [0.05, 0.1) is 22.6 Å². The molecule has 230 valence electrons. The highest BCUT2D eigenvalue weighted by Gasteiger charge is 2.33. The fourth-order valence-corrected chi connectivity index (χ4v) is 4.93. The zero-order valence-corrected chi connectivity index (χ0v) is 24.4. The van der Waals surface area contributed by atoms with Crippen molar-refractivity contribution in [2.45, 2.75) is 32.2 Å². The number of amides is 2. The average Bonchev–Trinajstić information content (AvgIpc) is 3.37. The lowest BCUT2D eigenvalue weighted by Crippen LogP contribution is -2.43. The van der Waals surface area contributed by atoms with Crippen LogP contribution in [-0.2, 0) is 7.05 Å². The molecule has 10 nitrogen and oxygen atoms in total. The van der Waals surface area contributed by atoms with Crippen LogP contribution in [0.2, 0.25) is 0 Å². The minimum Gasteiger partial charge on any atom is -0.404 e. The predicted octanol–water partition coefficient (Wildman–Crippen LogP) is 5.51. The Morgan fingerprint density at radius 3 is 2.43 bits per heavy atom. The van der Waals surface area contributed by atoms with Gasteiger partial charge in [-0.15, -0.1) is 13.2 Å². The highest BCUT2D eigenvalue weighted by molar-refractivity contribution is 6.05. The number of anilines is 3. The first-order valence-corrected chi connectivity index (χ1v) is 14.0. The Kier molecular flexibility index (Phi) is 8.86. The third-order valence-electron chi connectivity index (χ3n) is 7.35. The van der Waals surface area contributed by atoms with Crippen LogP contribution in [0.3, 0.4) is 0 Å². The summed E-state index contributed by atoms with van der Waals surface area (Å²) in [6.07, 6.45) is -0.398. The van der Waals surface area contributed by atoms with Crippen molar-refractivity contribution in [3.8, 4) is 17.1 Å². The number of likely N-dealkylation sites (tertiary alicyclic amines) is 1. The monoisotopic (exact) mass is 607 g/mol. The van der Waals surface area contributed by atoms with Crippen molar-refractivity contribution in [3.63, 3.8) is 0 Å². The first-order valence-electron chi connectivity index (χ1n) is 14.0. The van der Waals surface area contributed by atoms with E-state index in [1.807, 2.05) is 38.2 Å². The number of ether oxygens (including phenoxy) is 1. The summed E-state index contributed by atoms with van der Waals surface area (Å²) in [6, 6.07) is 14.4. The normalized spacial score (nSPS) is 14.2. The molecule has 0 spiro atoms. The van der Waals surface area contributed by atoms with E-state index in [0.717, 1.165) is 37.6 Å². The number of carbonyl (C=O) groups excluding carboxylic acids is 2. The van der Waals surface area contributed by atoms with Gasteiger partial charge in [0, 0.05) is 36.7 Å². The average molecular weight is 608 g/mol. The van der Waals surface area contributed by atoms with Crippen LogP contribution in [0.4, 0.5) is 30.5 Å². The van der Waals surface area contributed by atoms with E-state index in [4.69, 9.17) is 0 Å². The number of nitrogens with one attached hydrogen (secondary N) is 3. The molecular formula is C31H32F3N7O3. The van der Waals surface area contributed by atoms with Crippen LogP contribution in [0.1, 0.15) is 39.1 Å². The van der Waals surface area contributed by atoms with Crippen LogP contribution in [0, 0.1) is 6.92 Å². The molecule has 0 aliphatic carbocycles. The van der Waals surface area contributed by atoms with E-state index in [9.17, 15) is 22.8 Å². The summed E-state index contributed by atoms with van der Waals surface area (Å²) in [5.41, 5.74) is 2.96. The predicted molar refractivity (Wildman–Crippen MR) is 160 cm³/mol. The van der Waals surface area contributed by atoms with Gasteiger partial charge in [0.15, 0.2) is 5.75 Å². The van der Waals surface area contributed by atoms with Crippen molar-refractivity contribution in [1.82, 2.24) is 24.8 Å². The molecule has 0 saturated carbocycles. The van der Waals surface area contributed by atoms with Crippen LogP contribution >= 0.6 is 0 Å². The molecule has 3 N–H and O–H groups in total. The SMILES string of the molecule is Cc1ccccc1NC(=O)c1cc(-c2ccnc(Nc3ccc(C(=O)NC4CCN(C)CC4)cc3OC(F)(F)F)n2)n(C)c1. The first-order chi connectivity index (χ1) is 20.9. The van der Waals surface area contributed by atoms with Crippen LogP contribution in [0.5, 0.6) is 5.75 Å². The molecule has 13 heteroatoms. The van der Waals surface area contributed by atoms with E-state index in [2.05, 4.69) is 35.6 Å².